The van der Waals surface area contributed by atoms with E-state index in [1.54, 1.807) is 18.2 Å². The van der Waals surface area contributed by atoms with Gasteiger partial charge in [-0.15, -0.1) is 0 Å². The van der Waals surface area contributed by atoms with Crippen LogP contribution < -0.4 is 10.5 Å². The van der Waals surface area contributed by atoms with E-state index in [0.717, 1.165) is 37.2 Å². The maximum Gasteiger partial charge on any atom is 0.240 e. The van der Waals surface area contributed by atoms with Crippen LogP contribution in [0.4, 0.5) is 0 Å². The number of rotatable bonds is 7. The topological polar surface area (TPSA) is 75.4 Å². The van der Waals surface area contributed by atoms with Gasteiger partial charge in [0, 0.05) is 13.1 Å². The maximum absolute atomic E-state index is 12.2. The van der Waals surface area contributed by atoms with Crippen molar-refractivity contribution in [2.24, 2.45) is 5.73 Å². The molecule has 118 valence electrons. The summed E-state index contributed by atoms with van der Waals surface area (Å²) >= 11 is 0. The Morgan fingerprint density at radius 1 is 1.29 bits per heavy atom. The van der Waals surface area contributed by atoms with E-state index in [2.05, 4.69) is 9.62 Å². The Bertz CT molecular complexity index is 566. The first-order valence-electron chi connectivity index (χ1n) is 7.54. The Balaban J connectivity index is 1.87. The second kappa shape index (κ2) is 7.35. The van der Waals surface area contributed by atoms with Crippen molar-refractivity contribution in [3.63, 3.8) is 0 Å². The van der Waals surface area contributed by atoms with Crippen LogP contribution in [0, 0.1) is 6.92 Å². The zero-order valence-electron chi connectivity index (χ0n) is 12.6. The molecule has 1 aliphatic rings. The van der Waals surface area contributed by atoms with Crippen LogP contribution in [-0.4, -0.2) is 39.5 Å². The van der Waals surface area contributed by atoms with Crippen molar-refractivity contribution in [3.05, 3.63) is 29.3 Å². The molecular formula is C15H25N3O2S. The van der Waals surface area contributed by atoms with Crippen LogP contribution in [0.1, 0.15) is 30.4 Å². The summed E-state index contributed by atoms with van der Waals surface area (Å²) in [7, 11) is -3.41. The van der Waals surface area contributed by atoms with Crippen LogP contribution in [0.5, 0.6) is 0 Å². The van der Waals surface area contributed by atoms with Crippen molar-refractivity contribution in [3.8, 4) is 0 Å². The smallest absolute Gasteiger partial charge is 0.240 e. The predicted molar refractivity (Wildman–Crippen MR) is 84.5 cm³/mol. The van der Waals surface area contributed by atoms with Gasteiger partial charge in [0.2, 0.25) is 10.0 Å². The van der Waals surface area contributed by atoms with Gasteiger partial charge in [-0.3, -0.25) is 0 Å². The lowest BCUT2D eigenvalue weighted by molar-refractivity contribution is 0.334. The Morgan fingerprint density at radius 2 is 2.00 bits per heavy atom. The molecule has 1 aromatic carbocycles. The van der Waals surface area contributed by atoms with E-state index in [9.17, 15) is 8.42 Å². The lowest BCUT2D eigenvalue weighted by Gasteiger charge is -2.14. The average Bonchev–Trinajstić information content (AvgIpc) is 2.97. The largest absolute Gasteiger partial charge is 0.326 e. The molecule has 5 nitrogen and oxygen atoms in total. The highest BCUT2D eigenvalue weighted by molar-refractivity contribution is 7.89. The van der Waals surface area contributed by atoms with Gasteiger partial charge in [-0.2, -0.15) is 0 Å². The third-order valence-electron chi connectivity index (χ3n) is 3.99. The number of hydrogen-bond acceptors (Lipinski definition) is 4. The number of aryl methyl sites for hydroxylation is 1. The first-order chi connectivity index (χ1) is 10.0. The van der Waals surface area contributed by atoms with Gasteiger partial charge in [0.1, 0.15) is 0 Å². The minimum Gasteiger partial charge on any atom is -0.326 e. The molecule has 2 rings (SSSR count). The molecule has 3 N–H and O–H groups in total. The van der Waals surface area contributed by atoms with Crippen LogP contribution in [0.2, 0.25) is 0 Å². The first-order valence-corrected chi connectivity index (χ1v) is 9.03. The van der Waals surface area contributed by atoms with E-state index in [1.807, 2.05) is 6.92 Å². The molecule has 0 unspecified atom stereocenters. The molecule has 0 spiro atoms. The summed E-state index contributed by atoms with van der Waals surface area (Å²) in [5.41, 5.74) is 7.49. The Hall–Kier alpha value is -0.950. The lowest BCUT2D eigenvalue weighted by Crippen LogP contribution is -2.28. The van der Waals surface area contributed by atoms with Crippen LogP contribution >= 0.6 is 0 Å². The zero-order valence-corrected chi connectivity index (χ0v) is 13.5. The molecule has 1 heterocycles. The number of sulfonamides is 1. The summed E-state index contributed by atoms with van der Waals surface area (Å²) < 4.78 is 27.1. The SMILES string of the molecule is Cc1cc(S(=O)(=O)NCCCN2CCCC2)ccc1CN. The molecule has 1 saturated heterocycles. The molecule has 0 atom stereocenters. The van der Waals surface area contributed by atoms with E-state index in [4.69, 9.17) is 5.73 Å². The van der Waals surface area contributed by atoms with Crippen molar-refractivity contribution in [2.45, 2.75) is 37.6 Å². The van der Waals surface area contributed by atoms with Gasteiger partial charge in [-0.1, -0.05) is 6.07 Å². The van der Waals surface area contributed by atoms with Crippen molar-refractivity contribution in [1.82, 2.24) is 9.62 Å². The van der Waals surface area contributed by atoms with E-state index >= 15 is 0 Å². The highest BCUT2D eigenvalue weighted by Gasteiger charge is 2.15. The second-order valence-electron chi connectivity index (χ2n) is 5.59. The van der Waals surface area contributed by atoms with E-state index in [1.165, 1.54) is 12.8 Å². The van der Waals surface area contributed by atoms with Crippen molar-refractivity contribution in [2.75, 3.05) is 26.2 Å². The van der Waals surface area contributed by atoms with Crippen LogP contribution in [0.15, 0.2) is 23.1 Å². The number of nitrogens with two attached hydrogens (primary N) is 1. The number of nitrogens with one attached hydrogen (secondary N) is 1. The average molecular weight is 311 g/mol. The van der Waals surface area contributed by atoms with Gasteiger partial charge in [0.25, 0.3) is 0 Å². The molecule has 21 heavy (non-hydrogen) atoms. The third-order valence-corrected chi connectivity index (χ3v) is 5.44. The second-order valence-corrected chi connectivity index (χ2v) is 7.36. The molecule has 0 amide bonds. The zero-order chi connectivity index (χ0) is 15.3. The standard InChI is InChI=1S/C15H25N3O2S/c1-13-11-15(6-5-14(13)12-16)21(19,20)17-7-4-10-18-8-2-3-9-18/h5-6,11,17H,2-4,7-10,12,16H2,1H3. The monoisotopic (exact) mass is 311 g/mol. The molecule has 0 aliphatic carbocycles. The maximum atomic E-state index is 12.2. The summed E-state index contributed by atoms with van der Waals surface area (Å²) in [5, 5.41) is 0. The van der Waals surface area contributed by atoms with Crippen molar-refractivity contribution in [1.29, 1.82) is 0 Å². The summed E-state index contributed by atoms with van der Waals surface area (Å²) in [5.74, 6) is 0. The molecule has 0 radical (unpaired) electrons. The van der Waals surface area contributed by atoms with Gasteiger partial charge >= 0.3 is 0 Å². The summed E-state index contributed by atoms with van der Waals surface area (Å²) in [6, 6.07) is 5.09. The van der Waals surface area contributed by atoms with Gasteiger partial charge in [-0.25, -0.2) is 13.1 Å². The summed E-state index contributed by atoms with van der Waals surface area (Å²) in [6.07, 6.45) is 3.37. The Morgan fingerprint density at radius 3 is 2.62 bits per heavy atom. The van der Waals surface area contributed by atoms with Crippen LogP contribution in [0.3, 0.4) is 0 Å². The highest BCUT2D eigenvalue weighted by Crippen LogP contribution is 2.15. The molecule has 6 heteroatoms. The number of nitrogens with zero attached hydrogens (tertiary/aromatic N) is 1. The molecule has 1 fully saturated rings. The van der Waals surface area contributed by atoms with E-state index in [0.29, 0.717) is 18.0 Å². The molecule has 0 saturated carbocycles. The third kappa shape index (κ3) is 4.51. The molecule has 1 aliphatic heterocycles. The first kappa shape index (κ1) is 16.4. The number of likely N-dealkylation sites (tertiary alicyclic amines) is 1. The molecule has 0 aromatic heterocycles. The van der Waals surface area contributed by atoms with Crippen molar-refractivity contribution >= 4 is 10.0 Å². The quantitative estimate of drug-likeness (QED) is 0.742. The minimum absolute atomic E-state index is 0.318. The molecular weight excluding hydrogens is 286 g/mol. The predicted octanol–water partition coefficient (Wildman–Crippen LogP) is 1.22. The Kier molecular flexibility index (Phi) is 5.75. The highest BCUT2D eigenvalue weighted by atomic mass is 32.2. The summed E-state index contributed by atoms with van der Waals surface area (Å²) in [6.45, 7) is 6.05. The molecule has 1 aromatic rings. The fraction of sp³-hybridized carbons (Fsp3) is 0.600. The summed E-state index contributed by atoms with van der Waals surface area (Å²) in [4.78, 5) is 2.70. The van der Waals surface area contributed by atoms with Gasteiger partial charge in [0.15, 0.2) is 0 Å². The minimum atomic E-state index is -3.41. The fourth-order valence-electron chi connectivity index (χ4n) is 2.66. The van der Waals surface area contributed by atoms with Crippen LogP contribution in [-0.2, 0) is 16.6 Å². The van der Waals surface area contributed by atoms with Crippen LogP contribution in [0.25, 0.3) is 0 Å². The van der Waals surface area contributed by atoms with E-state index < -0.39 is 10.0 Å². The fourth-order valence-corrected chi connectivity index (χ4v) is 3.82. The van der Waals surface area contributed by atoms with Gasteiger partial charge in [0.05, 0.1) is 4.90 Å². The normalized spacial score (nSPS) is 16.5. The van der Waals surface area contributed by atoms with Gasteiger partial charge in [-0.05, 0) is 69.1 Å². The van der Waals surface area contributed by atoms with Crippen molar-refractivity contribution < 1.29 is 8.42 Å². The molecule has 0 bridgehead atoms. The van der Waals surface area contributed by atoms with Gasteiger partial charge < -0.3 is 10.6 Å². The lowest BCUT2D eigenvalue weighted by atomic mass is 10.1. The Labute approximate surface area is 127 Å². The number of hydrogen-bond donors (Lipinski definition) is 2. The van der Waals surface area contributed by atoms with E-state index in [-0.39, 0.29) is 0 Å². The number of benzene rings is 1.